The highest BCUT2D eigenvalue weighted by atomic mass is 32.2. The summed E-state index contributed by atoms with van der Waals surface area (Å²) >= 11 is 0. The Kier molecular flexibility index (Phi) is 7.60. The van der Waals surface area contributed by atoms with Crippen LogP contribution in [0.4, 0.5) is 5.69 Å². The molecule has 1 N–H and O–H groups in total. The number of para-hydroxylation sites is 1. The van der Waals surface area contributed by atoms with Crippen LogP contribution in [0.1, 0.15) is 25.5 Å². The molecule has 3 rings (SSSR count). The number of methoxy groups -OCH3 is 1. The number of hydrogen-bond donors (Lipinski definition) is 1. The van der Waals surface area contributed by atoms with Gasteiger partial charge in [-0.05, 0) is 67.9 Å². The van der Waals surface area contributed by atoms with Crippen LogP contribution >= 0.6 is 0 Å². The number of amides is 1. The smallest absolute Gasteiger partial charge is 0.244 e. The molecule has 0 saturated heterocycles. The Morgan fingerprint density at radius 2 is 1.39 bits per heavy atom. The summed E-state index contributed by atoms with van der Waals surface area (Å²) in [4.78, 5) is 13.0. The van der Waals surface area contributed by atoms with Gasteiger partial charge in [0.05, 0.1) is 25.1 Å². The minimum atomic E-state index is -3.73. The topological polar surface area (TPSA) is 84.9 Å². The van der Waals surface area contributed by atoms with Crippen molar-refractivity contribution in [3.05, 3.63) is 84.4 Å². The van der Waals surface area contributed by atoms with Gasteiger partial charge >= 0.3 is 0 Å². The Morgan fingerprint density at radius 3 is 1.94 bits per heavy atom. The number of carbonyl (C=O) groups excluding carboxylic acids is 1. The molecular weight excluding hydrogens is 440 g/mol. The Bertz CT molecular complexity index is 1160. The van der Waals surface area contributed by atoms with Gasteiger partial charge in [-0.15, -0.1) is 0 Å². The molecule has 7 nitrogen and oxygen atoms in total. The average Bonchev–Trinajstić information content (AvgIpc) is 2.80. The molecule has 0 bridgehead atoms. The molecule has 0 heterocycles. The SMILES string of the molecule is COc1ccc([C@@H](C)NC(=O)[C@@H](C)N(c2ccc(Oc3ccccc3)cc2)S(C)(=O)=O)cc1. The van der Waals surface area contributed by atoms with Crippen LogP contribution in [0.5, 0.6) is 17.2 Å². The average molecular weight is 469 g/mol. The summed E-state index contributed by atoms with van der Waals surface area (Å²) in [7, 11) is -2.14. The maximum atomic E-state index is 13.0. The van der Waals surface area contributed by atoms with E-state index in [4.69, 9.17) is 9.47 Å². The quantitative estimate of drug-likeness (QED) is 0.499. The fourth-order valence-electron chi connectivity index (χ4n) is 3.40. The molecule has 2 atom stereocenters. The van der Waals surface area contributed by atoms with Crippen molar-refractivity contribution in [3.63, 3.8) is 0 Å². The number of benzene rings is 3. The van der Waals surface area contributed by atoms with Crippen molar-refractivity contribution < 1.29 is 22.7 Å². The van der Waals surface area contributed by atoms with E-state index in [0.29, 0.717) is 22.9 Å². The van der Waals surface area contributed by atoms with Crippen molar-refractivity contribution in [1.29, 1.82) is 0 Å². The zero-order chi connectivity index (χ0) is 24.0. The van der Waals surface area contributed by atoms with E-state index in [2.05, 4.69) is 5.32 Å². The molecule has 174 valence electrons. The molecule has 1 amide bonds. The van der Waals surface area contributed by atoms with Crippen molar-refractivity contribution in [2.45, 2.75) is 25.9 Å². The Morgan fingerprint density at radius 1 is 0.848 bits per heavy atom. The van der Waals surface area contributed by atoms with Crippen LogP contribution in [0.25, 0.3) is 0 Å². The Balaban J connectivity index is 1.75. The Labute approximate surface area is 195 Å². The number of anilines is 1. The second-order valence-corrected chi connectivity index (χ2v) is 9.51. The van der Waals surface area contributed by atoms with Gasteiger partial charge in [0.2, 0.25) is 15.9 Å². The van der Waals surface area contributed by atoms with Gasteiger partial charge in [0.1, 0.15) is 23.3 Å². The third-order valence-corrected chi connectivity index (χ3v) is 6.37. The zero-order valence-electron chi connectivity index (χ0n) is 19.1. The molecule has 0 unspecified atom stereocenters. The van der Waals surface area contributed by atoms with Crippen LogP contribution in [0.2, 0.25) is 0 Å². The first-order valence-corrected chi connectivity index (χ1v) is 12.3. The molecule has 3 aromatic rings. The summed E-state index contributed by atoms with van der Waals surface area (Å²) in [6.07, 6.45) is 1.08. The number of rotatable bonds is 9. The van der Waals surface area contributed by atoms with E-state index < -0.39 is 22.0 Å². The summed E-state index contributed by atoms with van der Waals surface area (Å²) in [6.45, 7) is 3.40. The van der Waals surface area contributed by atoms with Gasteiger partial charge < -0.3 is 14.8 Å². The van der Waals surface area contributed by atoms with Crippen LogP contribution < -0.4 is 19.1 Å². The van der Waals surface area contributed by atoms with E-state index in [0.717, 1.165) is 16.1 Å². The molecule has 0 radical (unpaired) electrons. The first kappa shape index (κ1) is 24.1. The summed E-state index contributed by atoms with van der Waals surface area (Å²) in [5.74, 6) is 1.54. The monoisotopic (exact) mass is 468 g/mol. The molecule has 0 fully saturated rings. The van der Waals surface area contributed by atoms with Crippen molar-refractivity contribution in [1.82, 2.24) is 5.32 Å². The number of hydrogen-bond acceptors (Lipinski definition) is 5. The summed E-state index contributed by atoms with van der Waals surface area (Å²) in [5, 5.41) is 2.89. The highest BCUT2D eigenvalue weighted by Gasteiger charge is 2.30. The first-order valence-electron chi connectivity index (χ1n) is 10.5. The number of ether oxygens (including phenoxy) is 2. The van der Waals surface area contributed by atoms with E-state index in [1.165, 1.54) is 0 Å². The number of carbonyl (C=O) groups is 1. The standard InChI is InChI=1S/C25H28N2O5S/c1-18(20-10-14-22(31-3)15-11-20)26-25(28)19(2)27(33(4,29)30)21-12-16-24(17-13-21)32-23-8-6-5-7-9-23/h5-19H,1-4H3,(H,26,28)/t18-,19-/m1/s1. The number of sulfonamides is 1. The number of nitrogens with one attached hydrogen (secondary N) is 1. The molecule has 33 heavy (non-hydrogen) atoms. The normalized spacial score (nSPS) is 13.0. The van der Waals surface area contributed by atoms with Crippen molar-refractivity contribution >= 4 is 21.6 Å². The van der Waals surface area contributed by atoms with Crippen LogP contribution in [0.3, 0.4) is 0 Å². The molecule has 0 saturated carbocycles. The van der Waals surface area contributed by atoms with Crippen molar-refractivity contribution in [2.75, 3.05) is 17.7 Å². The van der Waals surface area contributed by atoms with Gasteiger partial charge in [-0.3, -0.25) is 9.10 Å². The lowest BCUT2D eigenvalue weighted by Crippen LogP contribution is -2.48. The summed E-state index contributed by atoms with van der Waals surface area (Å²) < 4.78 is 37.2. The Hall–Kier alpha value is -3.52. The molecular formula is C25H28N2O5S. The molecule has 0 aliphatic heterocycles. The van der Waals surface area contributed by atoms with Crippen LogP contribution in [0, 0.1) is 0 Å². The minimum Gasteiger partial charge on any atom is -0.497 e. The lowest BCUT2D eigenvalue weighted by molar-refractivity contribution is -0.122. The lowest BCUT2D eigenvalue weighted by atomic mass is 10.1. The largest absolute Gasteiger partial charge is 0.497 e. The fourth-order valence-corrected chi connectivity index (χ4v) is 4.58. The minimum absolute atomic E-state index is 0.311. The van der Waals surface area contributed by atoms with Gasteiger partial charge in [0, 0.05) is 0 Å². The van der Waals surface area contributed by atoms with Gasteiger partial charge in [0.25, 0.3) is 0 Å². The third-order valence-electron chi connectivity index (χ3n) is 5.13. The van der Waals surface area contributed by atoms with E-state index in [-0.39, 0.29) is 6.04 Å². The molecule has 0 aliphatic carbocycles. The van der Waals surface area contributed by atoms with E-state index >= 15 is 0 Å². The predicted octanol–water partition coefficient (Wildman–Crippen LogP) is 4.52. The highest BCUT2D eigenvalue weighted by molar-refractivity contribution is 7.92. The molecule has 0 aliphatic rings. The molecule has 8 heteroatoms. The lowest BCUT2D eigenvalue weighted by Gasteiger charge is -2.29. The molecule has 0 spiro atoms. The predicted molar refractivity (Wildman–Crippen MR) is 129 cm³/mol. The summed E-state index contributed by atoms with van der Waals surface area (Å²) in [6, 6.07) is 21.9. The van der Waals surface area contributed by atoms with Gasteiger partial charge in [-0.2, -0.15) is 0 Å². The van der Waals surface area contributed by atoms with Crippen LogP contribution in [-0.4, -0.2) is 33.7 Å². The van der Waals surface area contributed by atoms with E-state index in [1.807, 2.05) is 61.5 Å². The first-order chi connectivity index (χ1) is 15.7. The third kappa shape index (κ3) is 6.26. The highest BCUT2D eigenvalue weighted by Crippen LogP contribution is 2.27. The van der Waals surface area contributed by atoms with Crippen molar-refractivity contribution in [2.24, 2.45) is 0 Å². The van der Waals surface area contributed by atoms with Crippen molar-refractivity contribution in [3.8, 4) is 17.2 Å². The molecule has 0 aromatic heterocycles. The van der Waals surface area contributed by atoms with Gasteiger partial charge in [0.15, 0.2) is 0 Å². The maximum absolute atomic E-state index is 13.0. The van der Waals surface area contributed by atoms with Crippen LogP contribution in [-0.2, 0) is 14.8 Å². The number of nitrogens with zero attached hydrogens (tertiary/aromatic N) is 1. The van der Waals surface area contributed by atoms with Crippen LogP contribution in [0.15, 0.2) is 78.9 Å². The summed E-state index contributed by atoms with van der Waals surface area (Å²) in [5.41, 5.74) is 1.25. The van der Waals surface area contributed by atoms with E-state index in [9.17, 15) is 13.2 Å². The van der Waals surface area contributed by atoms with E-state index in [1.54, 1.807) is 38.3 Å². The maximum Gasteiger partial charge on any atom is 0.244 e. The zero-order valence-corrected chi connectivity index (χ0v) is 19.9. The second-order valence-electron chi connectivity index (χ2n) is 7.65. The van der Waals surface area contributed by atoms with Gasteiger partial charge in [-0.25, -0.2) is 8.42 Å². The van der Waals surface area contributed by atoms with Gasteiger partial charge in [-0.1, -0.05) is 30.3 Å². The fraction of sp³-hybridized carbons (Fsp3) is 0.240. The molecule has 3 aromatic carbocycles. The second kappa shape index (κ2) is 10.4.